The first-order chi connectivity index (χ1) is 7.74. The molecule has 0 saturated carbocycles. The summed E-state index contributed by atoms with van der Waals surface area (Å²) in [5, 5.41) is 4.41. The molecule has 0 radical (unpaired) electrons. The molecule has 0 fully saturated rings. The smallest absolute Gasteiger partial charge is 0.115 e. The fraction of sp³-hybridized carbons (Fsp3) is 0.0909. The van der Waals surface area contributed by atoms with E-state index in [1.165, 1.54) is 6.33 Å². The van der Waals surface area contributed by atoms with E-state index >= 15 is 0 Å². The SMILES string of the molecule is Clc1cc(Cl)cc(NCc2cncnc2)c1. The number of halogens is 2. The van der Waals surface area contributed by atoms with Crippen molar-refractivity contribution in [3.63, 3.8) is 0 Å². The van der Waals surface area contributed by atoms with Crippen LogP contribution in [0.2, 0.25) is 10.0 Å². The molecule has 82 valence electrons. The zero-order chi connectivity index (χ0) is 11.4. The third kappa shape index (κ3) is 3.08. The van der Waals surface area contributed by atoms with Crippen molar-refractivity contribution in [2.24, 2.45) is 0 Å². The fourth-order valence-electron chi connectivity index (χ4n) is 1.28. The van der Waals surface area contributed by atoms with Crippen molar-refractivity contribution in [3.05, 3.63) is 52.5 Å². The molecular weight excluding hydrogens is 245 g/mol. The van der Waals surface area contributed by atoms with Crippen molar-refractivity contribution >= 4 is 28.9 Å². The fourth-order valence-corrected chi connectivity index (χ4v) is 1.81. The first-order valence-electron chi connectivity index (χ1n) is 4.68. The summed E-state index contributed by atoms with van der Waals surface area (Å²) < 4.78 is 0. The van der Waals surface area contributed by atoms with Crippen LogP contribution in [-0.4, -0.2) is 9.97 Å². The number of rotatable bonds is 3. The molecule has 0 unspecified atom stereocenters. The minimum absolute atomic E-state index is 0.610. The number of nitrogens with one attached hydrogen (secondary N) is 1. The van der Waals surface area contributed by atoms with Crippen molar-refractivity contribution < 1.29 is 0 Å². The van der Waals surface area contributed by atoms with Crippen molar-refractivity contribution in [2.75, 3.05) is 5.32 Å². The van der Waals surface area contributed by atoms with Gasteiger partial charge >= 0.3 is 0 Å². The van der Waals surface area contributed by atoms with Gasteiger partial charge in [0.15, 0.2) is 0 Å². The summed E-state index contributed by atoms with van der Waals surface area (Å²) in [5.74, 6) is 0. The molecule has 0 atom stereocenters. The standard InChI is InChI=1S/C11H9Cl2N3/c12-9-1-10(13)3-11(2-9)16-6-8-4-14-7-15-5-8/h1-5,7,16H,6H2. The van der Waals surface area contributed by atoms with Gasteiger partial charge < -0.3 is 5.32 Å². The lowest BCUT2D eigenvalue weighted by atomic mass is 10.3. The van der Waals surface area contributed by atoms with E-state index in [-0.39, 0.29) is 0 Å². The van der Waals surface area contributed by atoms with Gasteiger partial charge in [-0.25, -0.2) is 9.97 Å². The van der Waals surface area contributed by atoms with Gasteiger partial charge in [-0.15, -0.1) is 0 Å². The van der Waals surface area contributed by atoms with Crippen LogP contribution in [0.5, 0.6) is 0 Å². The average molecular weight is 254 g/mol. The molecular formula is C11H9Cl2N3. The molecule has 0 aliphatic rings. The summed E-state index contributed by atoms with van der Waals surface area (Å²) in [6, 6.07) is 5.33. The monoisotopic (exact) mass is 253 g/mol. The maximum atomic E-state index is 5.88. The summed E-state index contributed by atoms with van der Waals surface area (Å²) in [6.45, 7) is 0.636. The number of hydrogen-bond donors (Lipinski definition) is 1. The molecule has 0 bridgehead atoms. The molecule has 0 spiro atoms. The van der Waals surface area contributed by atoms with Crippen LogP contribution in [0.3, 0.4) is 0 Å². The van der Waals surface area contributed by atoms with Crippen LogP contribution >= 0.6 is 23.2 Å². The third-order valence-electron chi connectivity index (χ3n) is 1.97. The highest BCUT2D eigenvalue weighted by Gasteiger charge is 1.98. The van der Waals surface area contributed by atoms with Crippen LogP contribution in [0.15, 0.2) is 36.9 Å². The average Bonchev–Trinajstić information content (AvgIpc) is 2.27. The Kier molecular flexibility index (Phi) is 3.59. The van der Waals surface area contributed by atoms with Crippen molar-refractivity contribution in [3.8, 4) is 0 Å². The van der Waals surface area contributed by atoms with Gasteiger partial charge in [0.2, 0.25) is 0 Å². The van der Waals surface area contributed by atoms with E-state index in [1.807, 2.05) is 12.1 Å². The summed E-state index contributed by atoms with van der Waals surface area (Å²) in [7, 11) is 0. The maximum Gasteiger partial charge on any atom is 0.115 e. The zero-order valence-corrected chi connectivity index (χ0v) is 9.83. The Balaban J connectivity index is 2.05. The minimum Gasteiger partial charge on any atom is -0.381 e. The first kappa shape index (κ1) is 11.2. The van der Waals surface area contributed by atoms with E-state index in [9.17, 15) is 0 Å². The molecule has 0 aliphatic carbocycles. The molecule has 0 aliphatic heterocycles. The Morgan fingerprint density at radius 1 is 1.00 bits per heavy atom. The molecule has 1 aromatic heterocycles. The number of hydrogen-bond acceptors (Lipinski definition) is 3. The molecule has 1 aromatic carbocycles. The third-order valence-corrected chi connectivity index (χ3v) is 2.41. The number of anilines is 1. The Bertz CT molecular complexity index is 454. The quantitative estimate of drug-likeness (QED) is 0.912. The van der Waals surface area contributed by atoms with Crippen molar-refractivity contribution in [2.45, 2.75) is 6.54 Å². The zero-order valence-electron chi connectivity index (χ0n) is 8.32. The second kappa shape index (κ2) is 5.14. The lowest BCUT2D eigenvalue weighted by Gasteiger charge is -2.06. The lowest BCUT2D eigenvalue weighted by molar-refractivity contribution is 1.05. The summed E-state index contributed by atoms with van der Waals surface area (Å²) in [6.07, 6.45) is 5.01. The molecule has 0 saturated heterocycles. The molecule has 5 heteroatoms. The van der Waals surface area contributed by atoms with Crippen molar-refractivity contribution in [1.82, 2.24) is 9.97 Å². The van der Waals surface area contributed by atoms with Gasteiger partial charge in [-0.3, -0.25) is 0 Å². The van der Waals surface area contributed by atoms with Gasteiger partial charge in [0, 0.05) is 40.2 Å². The second-order valence-corrected chi connectivity index (χ2v) is 4.13. The molecule has 1 heterocycles. The largest absolute Gasteiger partial charge is 0.381 e. The molecule has 2 rings (SSSR count). The van der Waals surface area contributed by atoms with E-state index in [2.05, 4.69) is 15.3 Å². The van der Waals surface area contributed by atoms with E-state index in [1.54, 1.807) is 18.5 Å². The number of aromatic nitrogens is 2. The lowest BCUT2D eigenvalue weighted by Crippen LogP contribution is -2.00. The molecule has 3 nitrogen and oxygen atoms in total. The van der Waals surface area contributed by atoms with Gasteiger partial charge in [0.05, 0.1) is 0 Å². The van der Waals surface area contributed by atoms with Gasteiger partial charge in [0.25, 0.3) is 0 Å². The highest BCUT2D eigenvalue weighted by molar-refractivity contribution is 6.35. The van der Waals surface area contributed by atoms with E-state index in [4.69, 9.17) is 23.2 Å². The van der Waals surface area contributed by atoms with E-state index in [0.29, 0.717) is 16.6 Å². The Morgan fingerprint density at radius 2 is 1.62 bits per heavy atom. The second-order valence-electron chi connectivity index (χ2n) is 3.26. The van der Waals surface area contributed by atoms with Gasteiger partial charge in [-0.2, -0.15) is 0 Å². The summed E-state index contributed by atoms with van der Waals surface area (Å²) in [5.41, 5.74) is 1.87. The van der Waals surface area contributed by atoms with Crippen LogP contribution < -0.4 is 5.32 Å². The van der Waals surface area contributed by atoms with E-state index in [0.717, 1.165) is 11.3 Å². The summed E-state index contributed by atoms with van der Waals surface area (Å²) >= 11 is 11.8. The minimum atomic E-state index is 0.610. The van der Waals surface area contributed by atoms with Crippen LogP contribution in [0.4, 0.5) is 5.69 Å². The molecule has 1 N–H and O–H groups in total. The normalized spacial score (nSPS) is 10.1. The Labute approximate surface area is 103 Å². The van der Waals surface area contributed by atoms with Crippen LogP contribution in [0, 0.1) is 0 Å². The number of nitrogens with zero attached hydrogens (tertiary/aromatic N) is 2. The predicted octanol–water partition coefficient (Wildman–Crippen LogP) is 3.40. The van der Waals surface area contributed by atoms with Crippen LogP contribution in [-0.2, 0) is 6.54 Å². The van der Waals surface area contributed by atoms with Crippen molar-refractivity contribution in [1.29, 1.82) is 0 Å². The van der Waals surface area contributed by atoms with E-state index < -0.39 is 0 Å². The highest BCUT2D eigenvalue weighted by atomic mass is 35.5. The Morgan fingerprint density at radius 3 is 2.25 bits per heavy atom. The summed E-state index contributed by atoms with van der Waals surface area (Å²) in [4.78, 5) is 7.86. The van der Waals surface area contributed by atoms with Gasteiger partial charge in [0.1, 0.15) is 6.33 Å². The maximum absolute atomic E-state index is 5.88. The van der Waals surface area contributed by atoms with Crippen LogP contribution in [0.1, 0.15) is 5.56 Å². The van der Waals surface area contributed by atoms with Gasteiger partial charge in [-0.1, -0.05) is 23.2 Å². The molecule has 16 heavy (non-hydrogen) atoms. The van der Waals surface area contributed by atoms with Crippen LogP contribution in [0.25, 0.3) is 0 Å². The Hall–Kier alpha value is -1.32. The number of benzene rings is 1. The first-order valence-corrected chi connectivity index (χ1v) is 5.43. The topological polar surface area (TPSA) is 37.8 Å². The van der Waals surface area contributed by atoms with Gasteiger partial charge in [-0.05, 0) is 18.2 Å². The predicted molar refractivity (Wildman–Crippen MR) is 65.8 cm³/mol. The molecule has 0 amide bonds. The molecule has 2 aromatic rings. The highest BCUT2D eigenvalue weighted by Crippen LogP contribution is 2.22.